The fourth-order valence-electron chi connectivity index (χ4n) is 2.79. The minimum absolute atomic E-state index is 0.123. The highest BCUT2D eigenvalue weighted by Gasteiger charge is 2.41. The molecule has 2 fully saturated rings. The van der Waals surface area contributed by atoms with Gasteiger partial charge in [0.1, 0.15) is 0 Å². The molecule has 0 aliphatic carbocycles. The lowest BCUT2D eigenvalue weighted by atomic mass is 9.82. The largest absolute Gasteiger partial charge is 0.382 e. The van der Waals surface area contributed by atoms with Crippen molar-refractivity contribution in [2.24, 2.45) is 11.7 Å². The molecule has 0 amide bonds. The Labute approximate surface area is 114 Å². The van der Waals surface area contributed by atoms with E-state index in [1.54, 1.807) is 7.11 Å². The van der Waals surface area contributed by atoms with Crippen LogP contribution >= 0.6 is 11.8 Å². The second-order valence-electron chi connectivity index (χ2n) is 5.32. The van der Waals surface area contributed by atoms with E-state index in [0.717, 1.165) is 25.2 Å². The van der Waals surface area contributed by atoms with Gasteiger partial charge in [0.25, 0.3) is 0 Å². The summed E-state index contributed by atoms with van der Waals surface area (Å²) in [5.41, 5.74) is 6.38. The van der Waals surface area contributed by atoms with Gasteiger partial charge in [0.05, 0.1) is 25.4 Å². The van der Waals surface area contributed by atoms with Crippen molar-refractivity contribution < 1.29 is 14.2 Å². The van der Waals surface area contributed by atoms with Gasteiger partial charge >= 0.3 is 0 Å². The smallest absolute Gasteiger partial charge is 0.0783 e. The van der Waals surface area contributed by atoms with E-state index < -0.39 is 0 Å². The van der Waals surface area contributed by atoms with Crippen molar-refractivity contribution in [1.29, 1.82) is 0 Å². The van der Waals surface area contributed by atoms with E-state index in [0.29, 0.717) is 25.7 Å². The third kappa shape index (κ3) is 3.84. The summed E-state index contributed by atoms with van der Waals surface area (Å²) >= 11 is 2.00. The van der Waals surface area contributed by atoms with Gasteiger partial charge in [-0.25, -0.2) is 0 Å². The topological polar surface area (TPSA) is 53.7 Å². The molecule has 5 heteroatoms. The van der Waals surface area contributed by atoms with Gasteiger partial charge in [-0.1, -0.05) is 0 Å². The van der Waals surface area contributed by atoms with Gasteiger partial charge in [-0.05, 0) is 30.9 Å². The Morgan fingerprint density at radius 2 is 2.39 bits per heavy atom. The molecule has 0 bridgehead atoms. The summed E-state index contributed by atoms with van der Waals surface area (Å²) in [5.74, 6) is 2.91. The molecule has 2 aliphatic heterocycles. The third-order valence-corrected chi connectivity index (χ3v) is 5.17. The van der Waals surface area contributed by atoms with Crippen molar-refractivity contribution in [1.82, 2.24) is 0 Å². The van der Waals surface area contributed by atoms with Gasteiger partial charge in [-0.2, -0.15) is 11.8 Å². The first kappa shape index (κ1) is 14.6. The van der Waals surface area contributed by atoms with Crippen molar-refractivity contribution in [3.63, 3.8) is 0 Å². The monoisotopic (exact) mass is 275 g/mol. The van der Waals surface area contributed by atoms with E-state index in [2.05, 4.69) is 0 Å². The zero-order chi connectivity index (χ0) is 12.8. The van der Waals surface area contributed by atoms with E-state index in [4.69, 9.17) is 19.9 Å². The number of nitrogens with two attached hydrogens (primary N) is 1. The van der Waals surface area contributed by atoms with Crippen molar-refractivity contribution >= 4 is 11.8 Å². The van der Waals surface area contributed by atoms with Crippen LogP contribution in [-0.4, -0.2) is 56.7 Å². The van der Waals surface area contributed by atoms with Crippen molar-refractivity contribution in [3.8, 4) is 0 Å². The minimum Gasteiger partial charge on any atom is -0.382 e. The molecule has 106 valence electrons. The zero-order valence-corrected chi connectivity index (χ0v) is 12.0. The number of rotatable bonds is 6. The highest BCUT2D eigenvalue weighted by atomic mass is 32.2. The predicted octanol–water partition coefficient (Wildman–Crippen LogP) is 1.28. The maximum atomic E-state index is 6.25. The molecular formula is C13H25NO3S. The van der Waals surface area contributed by atoms with Crippen LogP contribution in [0, 0.1) is 5.92 Å². The average Bonchev–Trinajstić information content (AvgIpc) is 2.82. The number of hydrogen-bond acceptors (Lipinski definition) is 5. The quantitative estimate of drug-likeness (QED) is 0.740. The van der Waals surface area contributed by atoms with Gasteiger partial charge in [0, 0.05) is 25.5 Å². The molecule has 0 saturated carbocycles. The van der Waals surface area contributed by atoms with Gasteiger partial charge < -0.3 is 19.9 Å². The van der Waals surface area contributed by atoms with Crippen molar-refractivity contribution in [2.45, 2.75) is 30.9 Å². The molecule has 3 unspecified atom stereocenters. The maximum absolute atomic E-state index is 6.25. The van der Waals surface area contributed by atoms with E-state index in [-0.39, 0.29) is 11.6 Å². The van der Waals surface area contributed by atoms with Crippen LogP contribution in [-0.2, 0) is 14.2 Å². The van der Waals surface area contributed by atoms with Crippen LogP contribution in [0.4, 0.5) is 0 Å². The Bertz CT molecular complexity index is 246. The second kappa shape index (κ2) is 7.10. The van der Waals surface area contributed by atoms with Crippen LogP contribution in [0.5, 0.6) is 0 Å². The van der Waals surface area contributed by atoms with Crippen LogP contribution < -0.4 is 5.73 Å². The molecule has 2 rings (SSSR count). The Hall–Kier alpha value is 0.190. The number of hydrogen-bond donors (Lipinski definition) is 1. The fraction of sp³-hybridized carbons (Fsp3) is 1.00. The third-order valence-electron chi connectivity index (χ3n) is 3.95. The Kier molecular flexibility index (Phi) is 5.76. The molecule has 1 spiro atoms. The molecule has 0 aromatic heterocycles. The highest BCUT2D eigenvalue weighted by Crippen LogP contribution is 2.40. The minimum atomic E-state index is 0.123. The van der Waals surface area contributed by atoms with Crippen LogP contribution in [0.25, 0.3) is 0 Å². The Morgan fingerprint density at radius 1 is 1.50 bits per heavy atom. The molecular weight excluding hydrogens is 250 g/mol. The molecule has 18 heavy (non-hydrogen) atoms. The van der Waals surface area contributed by atoms with Crippen LogP contribution in [0.3, 0.4) is 0 Å². The maximum Gasteiger partial charge on any atom is 0.0783 e. The second-order valence-corrected chi connectivity index (χ2v) is 6.42. The van der Waals surface area contributed by atoms with Crippen molar-refractivity contribution in [2.75, 3.05) is 45.0 Å². The normalized spacial score (nSPS) is 34.0. The molecule has 2 heterocycles. The summed E-state index contributed by atoms with van der Waals surface area (Å²) in [7, 11) is 1.68. The lowest BCUT2D eigenvalue weighted by Gasteiger charge is -2.39. The van der Waals surface area contributed by atoms with Gasteiger partial charge in [0.15, 0.2) is 0 Å². The van der Waals surface area contributed by atoms with E-state index >= 15 is 0 Å². The molecule has 4 nitrogen and oxygen atoms in total. The Morgan fingerprint density at radius 3 is 3.11 bits per heavy atom. The first-order valence-corrected chi connectivity index (χ1v) is 7.95. The van der Waals surface area contributed by atoms with Crippen molar-refractivity contribution in [3.05, 3.63) is 0 Å². The fourth-order valence-corrected chi connectivity index (χ4v) is 4.17. The van der Waals surface area contributed by atoms with E-state index in [9.17, 15) is 0 Å². The first-order valence-electron chi connectivity index (χ1n) is 6.80. The van der Waals surface area contributed by atoms with Crippen LogP contribution in [0.1, 0.15) is 19.3 Å². The lowest BCUT2D eigenvalue weighted by Crippen LogP contribution is -2.47. The first-order chi connectivity index (χ1) is 8.76. The summed E-state index contributed by atoms with van der Waals surface area (Å²) in [6.45, 7) is 2.77. The predicted molar refractivity (Wildman–Crippen MR) is 74.0 cm³/mol. The highest BCUT2D eigenvalue weighted by molar-refractivity contribution is 7.99. The number of thioether (sulfide) groups is 1. The molecule has 2 aliphatic rings. The summed E-state index contributed by atoms with van der Waals surface area (Å²) in [4.78, 5) is 0. The van der Waals surface area contributed by atoms with E-state index in [1.165, 1.54) is 12.2 Å². The summed E-state index contributed by atoms with van der Waals surface area (Å²) in [6, 6.07) is 0.133. The molecule has 3 atom stereocenters. The van der Waals surface area contributed by atoms with Gasteiger partial charge in [-0.15, -0.1) is 0 Å². The average molecular weight is 275 g/mol. The molecule has 2 N–H and O–H groups in total. The standard InChI is InChI=1S/C13H25NO3S/c1-15-5-6-16-9-12(14)11-2-4-17-13(8-11)3-7-18-10-13/h11-12H,2-10,14H2,1H3. The summed E-state index contributed by atoms with van der Waals surface area (Å²) in [6.07, 6.45) is 3.36. The van der Waals surface area contributed by atoms with Crippen LogP contribution in [0.15, 0.2) is 0 Å². The van der Waals surface area contributed by atoms with Gasteiger partial charge in [0.2, 0.25) is 0 Å². The number of methoxy groups -OCH3 is 1. The molecule has 2 saturated heterocycles. The SMILES string of the molecule is COCCOCC(N)C1CCOC2(CCSC2)C1. The summed E-state index contributed by atoms with van der Waals surface area (Å²) in [5, 5.41) is 0. The van der Waals surface area contributed by atoms with Gasteiger partial charge in [-0.3, -0.25) is 0 Å². The Balaban J connectivity index is 1.74. The molecule has 0 aromatic rings. The van der Waals surface area contributed by atoms with E-state index in [1.807, 2.05) is 11.8 Å². The summed E-state index contributed by atoms with van der Waals surface area (Å²) < 4.78 is 16.5. The molecule has 0 radical (unpaired) electrons. The zero-order valence-electron chi connectivity index (χ0n) is 11.2. The lowest BCUT2D eigenvalue weighted by molar-refractivity contribution is -0.0874. The van der Waals surface area contributed by atoms with Crippen LogP contribution in [0.2, 0.25) is 0 Å². The number of ether oxygens (including phenoxy) is 3. The molecule has 0 aromatic carbocycles.